The lowest BCUT2D eigenvalue weighted by Gasteiger charge is -2.12. The number of benzene rings is 1. The molecular weight excluding hydrogens is 204 g/mol. The van der Waals surface area contributed by atoms with E-state index in [1.807, 2.05) is 24.3 Å². The summed E-state index contributed by atoms with van der Waals surface area (Å²) in [6, 6.07) is 7.69. The second-order valence-corrected chi connectivity index (χ2v) is 4.25. The van der Waals surface area contributed by atoms with Crippen LogP contribution in [-0.2, 0) is 13.0 Å². The van der Waals surface area contributed by atoms with Crippen LogP contribution in [0.2, 0.25) is 0 Å². The van der Waals surface area contributed by atoms with Gasteiger partial charge in [-0.15, -0.1) is 0 Å². The van der Waals surface area contributed by atoms with Gasteiger partial charge < -0.3 is 15.3 Å². The minimum absolute atomic E-state index is 0.0604. The third-order valence-corrected chi connectivity index (χ3v) is 2.58. The van der Waals surface area contributed by atoms with Gasteiger partial charge in [0.05, 0.1) is 18.8 Å². The van der Waals surface area contributed by atoms with Gasteiger partial charge in [-0.3, -0.25) is 0 Å². The van der Waals surface area contributed by atoms with Crippen molar-refractivity contribution in [2.24, 2.45) is 0 Å². The molecule has 0 aliphatic carbocycles. The van der Waals surface area contributed by atoms with E-state index in [4.69, 9.17) is 10.2 Å². The fourth-order valence-corrected chi connectivity index (χ4v) is 1.66. The van der Waals surface area contributed by atoms with Crippen molar-refractivity contribution in [3.63, 3.8) is 0 Å². The summed E-state index contributed by atoms with van der Waals surface area (Å²) in [5, 5.41) is 27.6. The summed E-state index contributed by atoms with van der Waals surface area (Å²) in [7, 11) is 0. The van der Waals surface area contributed by atoms with Gasteiger partial charge in [0.1, 0.15) is 0 Å². The molecule has 0 saturated carbocycles. The number of rotatable bonds is 6. The first-order valence-corrected chi connectivity index (χ1v) is 5.66. The second kappa shape index (κ2) is 6.63. The highest BCUT2D eigenvalue weighted by Crippen LogP contribution is 2.10. The van der Waals surface area contributed by atoms with Crippen LogP contribution in [-0.4, -0.2) is 27.5 Å². The summed E-state index contributed by atoms with van der Waals surface area (Å²) >= 11 is 0. The molecule has 0 aliphatic heterocycles. The average Bonchev–Trinajstić information content (AvgIpc) is 2.26. The van der Waals surface area contributed by atoms with Gasteiger partial charge in [-0.05, 0) is 37.3 Å². The molecule has 0 spiro atoms. The first-order valence-electron chi connectivity index (χ1n) is 5.66. The van der Waals surface area contributed by atoms with E-state index in [1.165, 1.54) is 0 Å². The van der Waals surface area contributed by atoms with E-state index in [0.29, 0.717) is 12.8 Å². The van der Waals surface area contributed by atoms with Crippen molar-refractivity contribution in [2.45, 2.75) is 45.0 Å². The summed E-state index contributed by atoms with van der Waals surface area (Å²) < 4.78 is 0. The Morgan fingerprint density at radius 2 is 1.62 bits per heavy atom. The standard InChI is InChI=1S/C13H20O3/c1-10(15)8-13(16)7-6-11-2-4-12(9-14)5-3-11/h2-5,10,13-16H,6-9H2,1H3. The molecule has 0 bridgehead atoms. The predicted octanol–water partition coefficient (Wildman–Crippen LogP) is 1.24. The van der Waals surface area contributed by atoms with Gasteiger partial charge in [-0.25, -0.2) is 0 Å². The molecule has 90 valence electrons. The Morgan fingerprint density at radius 1 is 1.06 bits per heavy atom. The Hall–Kier alpha value is -0.900. The van der Waals surface area contributed by atoms with Crippen LogP contribution in [0.5, 0.6) is 0 Å². The van der Waals surface area contributed by atoms with E-state index in [0.717, 1.165) is 17.5 Å². The monoisotopic (exact) mass is 224 g/mol. The lowest BCUT2D eigenvalue weighted by molar-refractivity contribution is 0.0854. The van der Waals surface area contributed by atoms with Gasteiger partial charge in [0, 0.05) is 0 Å². The topological polar surface area (TPSA) is 60.7 Å². The van der Waals surface area contributed by atoms with Crippen molar-refractivity contribution in [2.75, 3.05) is 0 Å². The zero-order valence-electron chi connectivity index (χ0n) is 9.63. The smallest absolute Gasteiger partial charge is 0.0681 e. The first kappa shape index (κ1) is 13.2. The molecule has 2 atom stereocenters. The zero-order chi connectivity index (χ0) is 12.0. The molecule has 1 aromatic carbocycles. The van der Waals surface area contributed by atoms with E-state index in [9.17, 15) is 5.11 Å². The Balaban J connectivity index is 2.36. The summed E-state index contributed by atoms with van der Waals surface area (Å²) in [5.41, 5.74) is 2.04. The van der Waals surface area contributed by atoms with Crippen LogP contribution in [0.1, 0.15) is 30.9 Å². The molecule has 0 fully saturated rings. The van der Waals surface area contributed by atoms with Crippen LogP contribution < -0.4 is 0 Å². The fraction of sp³-hybridized carbons (Fsp3) is 0.538. The molecule has 0 amide bonds. The predicted molar refractivity (Wildman–Crippen MR) is 63.0 cm³/mol. The van der Waals surface area contributed by atoms with Gasteiger partial charge in [-0.2, -0.15) is 0 Å². The van der Waals surface area contributed by atoms with Crippen LogP contribution >= 0.6 is 0 Å². The minimum Gasteiger partial charge on any atom is -0.393 e. The number of aliphatic hydroxyl groups excluding tert-OH is 3. The fourth-order valence-electron chi connectivity index (χ4n) is 1.66. The van der Waals surface area contributed by atoms with Crippen molar-refractivity contribution in [1.82, 2.24) is 0 Å². The quantitative estimate of drug-likeness (QED) is 0.681. The molecule has 3 heteroatoms. The molecular formula is C13H20O3. The maximum absolute atomic E-state index is 9.58. The van der Waals surface area contributed by atoms with Crippen LogP contribution in [0.4, 0.5) is 0 Å². The highest BCUT2D eigenvalue weighted by Gasteiger charge is 2.07. The number of aliphatic hydroxyl groups is 3. The van der Waals surface area contributed by atoms with E-state index in [-0.39, 0.29) is 6.61 Å². The molecule has 0 heterocycles. The Morgan fingerprint density at radius 3 is 2.12 bits per heavy atom. The molecule has 0 aliphatic rings. The van der Waals surface area contributed by atoms with Crippen LogP contribution in [0.15, 0.2) is 24.3 Å². The van der Waals surface area contributed by atoms with Crippen LogP contribution in [0, 0.1) is 0 Å². The van der Waals surface area contributed by atoms with Crippen molar-refractivity contribution in [3.05, 3.63) is 35.4 Å². The maximum Gasteiger partial charge on any atom is 0.0681 e. The van der Waals surface area contributed by atoms with Gasteiger partial charge in [0.2, 0.25) is 0 Å². The first-order chi connectivity index (χ1) is 7.61. The second-order valence-electron chi connectivity index (χ2n) is 4.25. The third-order valence-electron chi connectivity index (χ3n) is 2.58. The third kappa shape index (κ3) is 4.75. The van der Waals surface area contributed by atoms with Crippen molar-refractivity contribution in [1.29, 1.82) is 0 Å². The van der Waals surface area contributed by atoms with E-state index in [2.05, 4.69) is 0 Å². The molecule has 0 aromatic heterocycles. The minimum atomic E-state index is -0.452. The average molecular weight is 224 g/mol. The van der Waals surface area contributed by atoms with Gasteiger partial charge in [0.25, 0.3) is 0 Å². The lowest BCUT2D eigenvalue weighted by atomic mass is 10.0. The number of hydrogen-bond acceptors (Lipinski definition) is 3. The Kier molecular flexibility index (Phi) is 5.46. The van der Waals surface area contributed by atoms with Gasteiger partial charge in [0.15, 0.2) is 0 Å². The summed E-state index contributed by atoms with van der Waals surface area (Å²) in [6.07, 6.45) is 0.974. The van der Waals surface area contributed by atoms with Crippen LogP contribution in [0.3, 0.4) is 0 Å². The molecule has 3 nitrogen and oxygen atoms in total. The molecule has 1 aromatic rings. The maximum atomic E-state index is 9.58. The lowest BCUT2D eigenvalue weighted by Crippen LogP contribution is -2.15. The normalized spacial score (nSPS) is 14.8. The number of hydrogen-bond donors (Lipinski definition) is 3. The molecule has 0 saturated heterocycles. The van der Waals surface area contributed by atoms with Crippen molar-refractivity contribution < 1.29 is 15.3 Å². The Bertz CT molecular complexity index is 293. The SMILES string of the molecule is CC(O)CC(O)CCc1ccc(CO)cc1. The molecule has 2 unspecified atom stereocenters. The van der Waals surface area contributed by atoms with E-state index in [1.54, 1.807) is 6.92 Å². The van der Waals surface area contributed by atoms with E-state index < -0.39 is 12.2 Å². The number of aryl methyl sites for hydroxylation is 1. The van der Waals surface area contributed by atoms with Gasteiger partial charge in [-0.1, -0.05) is 24.3 Å². The molecule has 3 N–H and O–H groups in total. The molecule has 0 radical (unpaired) electrons. The molecule has 16 heavy (non-hydrogen) atoms. The van der Waals surface area contributed by atoms with Crippen molar-refractivity contribution >= 4 is 0 Å². The largest absolute Gasteiger partial charge is 0.393 e. The van der Waals surface area contributed by atoms with Crippen molar-refractivity contribution in [3.8, 4) is 0 Å². The zero-order valence-corrected chi connectivity index (χ0v) is 9.63. The van der Waals surface area contributed by atoms with Gasteiger partial charge >= 0.3 is 0 Å². The van der Waals surface area contributed by atoms with Crippen LogP contribution in [0.25, 0.3) is 0 Å². The summed E-state index contributed by atoms with van der Waals surface area (Å²) in [5.74, 6) is 0. The highest BCUT2D eigenvalue weighted by atomic mass is 16.3. The molecule has 1 rings (SSSR count). The van der Waals surface area contributed by atoms with E-state index >= 15 is 0 Å². The summed E-state index contributed by atoms with van der Waals surface area (Å²) in [6.45, 7) is 1.74. The Labute approximate surface area is 96.4 Å². The highest BCUT2D eigenvalue weighted by molar-refractivity contribution is 5.22. The summed E-state index contributed by atoms with van der Waals surface area (Å²) in [4.78, 5) is 0.